The molecule has 1 atom stereocenters. The van der Waals surface area contributed by atoms with Gasteiger partial charge >= 0.3 is 0 Å². The molecule has 10 heteroatoms. The summed E-state index contributed by atoms with van der Waals surface area (Å²) in [5, 5.41) is 7.84. The number of nitrogens with two attached hydrogens (primary N) is 1. The molecule has 0 saturated carbocycles. The maximum Gasteiger partial charge on any atom is 0.241 e. The molecule has 0 spiro atoms. The molecule has 0 unspecified atom stereocenters. The van der Waals surface area contributed by atoms with Gasteiger partial charge in [-0.3, -0.25) is 14.5 Å². The third-order valence-electron chi connectivity index (χ3n) is 5.39. The third-order valence-corrected chi connectivity index (χ3v) is 6.32. The van der Waals surface area contributed by atoms with Crippen LogP contribution in [0.3, 0.4) is 0 Å². The van der Waals surface area contributed by atoms with Crippen LogP contribution in [0.1, 0.15) is 24.2 Å². The Balaban J connectivity index is 1.58. The van der Waals surface area contributed by atoms with Crippen LogP contribution in [0.2, 0.25) is 0 Å². The van der Waals surface area contributed by atoms with Crippen molar-refractivity contribution in [3.05, 3.63) is 53.8 Å². The van der Waals surface area contributed by atoms with Crippen LogP contribution in [0.5, 0.6) is 0 Å². The second kappa shape index (κ2) is 9.13. The van der Waals surface area contributed by atoms with E-state index in [2.05, 4.69) is 5.32 Å². The number of carbonyl (C=O) groups excluding carboxylic acids is 2. The van der Waals surface area contributed by atoms with Crippen LogP contribution in [-0.4, -0.2) is 57.2 Å². The summed E-state index contributed by atoms with van der Waals surface area (Å²) in [5.41, 5.74) is 1.24. The van der Waals surface area contributed by atoms with Crippen molar-refractivity contribution in [3.63, 3.8) is 0 Å². The molecule has 3 rings (SSSR count). The number of nitrogens with zero attached hydrogens (tertiary/aromatic N) is 2. The Bertz CT molecular complexity index is 1080. The summed E-state index contributed by atoms with van der Waals surface area (Å²) in [5.74, 6) is -0.849. The lowest BCUT2D eigenvalue weighted by Crippen LogP contribution is -2.53. The highest BCUT2D eigenvalue weighted by Crippen LogP contribution is 2.23. The van der Waals surface area contributed by atoms with Crippen molar-refractivity contribution >= 4 is 33.1 Å². The van der Waals surface area contributed by atoms with Crippen LogP contribution in [0.25, 0.3) is 0 Å². The van der Waals surface area contributed by atoms with Gasteiger partial charge in [0.25, 0.3) is 0 Å². The molecule has 3 N–H and O–H groups in total. The SMILES string of the molecule is CC(=O)c1ccc(N2CCN([C@@H](C)C(=O)Nc3ccc(S(N)(=O)=O)cc3)CC2)c(F)c1. The smallest absolute Gasteiger partial charge is 0.241 e. The number of hydrogen-bond acceptors (Lipinski definition) is 6. The summed E-state index contributed by atoms with van der Waals surface area (Å²) < 4.78 is 37.0. The first kappa shape index (κ1) is 22.9. The molecule has 2 aromatic rings. The maximum atomic E-state index is 14.4. The van der Waals surface area contributed by atoms with E-state index >= 15 is 0 Å². The number of halogens is 1. The van der Waals surface area contributed by atoms with Crippen molar-refractivity contribution in [2.24, 2.45) is 5.14 Å². The maximum absolute atomic E-state index is 14.4. The number of carbonyl (C=O) groups is 2. The molecule has 0 aromatic heterocycles. The van der Waals surface area contributed by atoms with Gasteiger partial charge in [0.05, 0.1) is 16.6 Å². The minimum Gasteiger partial charge on any atom is -0.367 e. The van der Waals surface area contributed by atoms with Gasteiger partial charge in [0.1, 0.15) is 5.82 Å². The molecule has 1 heterocycles. The average Bonchev–Trinajstić information content (AvgIpc) is 2.73. The van der Waals surface area contributed by atoms with Gasteiger partial charge in [-0.05, 0) is 56.3 Å². The van der Waals surface area contributed by atoms with Crippen molar-refractivity contribution < 1.29 is 22.4 Å². The number of sulfonamides is 1. The molecular formula is C21H25FN4O4S. The van der Waals surface area contributed by atoms with E-state index in [-0.39, 0.29) is 16.6 Å². The zero-order valence-corrected chi connectivity index (χ0v) is 18.2. The number of ketones is 1. The molecular weight excluding hydrogens is 423 g/mol. The molecule has 1 aliphatic rings. The molecule has 0 bridgehead atoms. The predicted octanol–water partition coefficient (Wildman–Crippen LogP) is 1.82. The normalized spacial score (nSPS) is 16.1. The van der Waals surface area contributed by atoms with Crippen molar-refractivity contribution in [2.75, 3.05) is 36.4 Å². The Hall–Kier alpha value is -2.82. The number of Topliss-reactive ketones (excluding diaryl/α,β-unsaturated/α-hetero) is 1. The van der Waals surface area contributed by atoms with Gasteiger partial charge in [-0.15, -0.1) is 0 Å². The molecule has 0 aliphatic carbocycles. The zero-order chi connectivity index (χ0) is 22.8. The van der Waals surface area contributed by atoms with Gasteiger partial charge in [0, 0.05) is 37.4 Å². The number of benzene rings is 2. The predicted molar refractivity (Wildman–Crippen MR) is 116 cm³/mol. The topological polar surface area (TPSA) is 113 Å². The minimum atomic E-state index is -3.79. The second-order valence-corrected chi connectivity index (χ2v) is 9.04. The first-order valence-corrected chi connectivity index (χ1v) is 11.3. The lowest BCUT2D eigenvalue weighted by atomic mass is 10.1. The largest absolute Gasteiger partial charge is 0.367 e. The third kappa shape index (κ3) is 5.46. The Morgan fingerprint density at radius 2 is 1.68 bits per heavy atom. The molecule has 0 radical (unpaired) electrons. The van der Waals surface area contributed by atoms with Crippen molar-refractivity contribution in [2.45, 2.75) is 24.8 Å². The van der Waals surface area contributed by atoms with Gasteiger partial charge < -0.3 is 10.2 Å². The highest BCUT2D eigenvalue weighted by molar-refractivity contribution is 7.89. The number of hydrogen-bond donors (Lipinski definition) is 2. The van der Waals surface area contributed by atoms with Gasteiger partial charge in [-0.25, -0.2) is 17.9 Å². The number of primary sulfonamides is 1. The molecule has 166 valence electrons. The van der Waals surface area contributed by atoms with E-state index in [0.29, 0.717) is 43.1 Å². The fourth-order valence-electron chi connectivity index (χ4n) is 3.47. The highest BCUT2D eigenvalue weighted by Gasteiger charge is 2.27. The Morgan fingerprint density at radius 1 is 1.06 bits per heavy atom. The quantitative estimate of drug-likeness (QED) is 0.652. The number of amides is 1. The number of rotatable bonds is 6. The number of nitrogens with one attached hydrogen (secondary N) is 1. The summed E-state index contributed by atoms with van der Waals surface area (Å²) in [6.45, 7) is 5.38. The summed E-state index contributed by atoms with van der Waals surface area (Å²) in [4.78, 5) is 27.9. The number of anilines is 2. The van der Waals surface area contributed by atoms with E-state index in [0.717, 1.165) is 0 Å². The van der Waals surface area contributed by atoms with Gasteiger partial charge in [0.15, 0.2) is 5.78 Å². The number of piperazine rings is 1. The summed E-state index contributed by atoms with van der Waals surface area (Å²) in [7, 11) is -3.79. The molecule has 8 nitrogen and oxygen atoms in total. The highest BCUT2D eigenvalue weighted by atomic mass is 32.2. The molecule has 2 aromatic carbocycles. The second-order valence-electron chi connectivity index (χ2n) is 7.48. The average molecular weight is 449 g/mol. The van der Waals surface area contributed by atoms with E-state index < -0.39 is 21.9 Å². The van der Waals surface area contributed by atoms with E-state index in [9.17, 15) is 22.4 Å². The summed E-state index contributed by atoms with van der Waals surface area (Å²) >= 11 is 0. The van der Waals surface area contributed by atoms with E-state index in [1.165, 1.54) is 37.3 Å². The Morgan fingerprint density at radius 3 is 2.19 bits per heavy atom. The van der Waals surface area contributed by atoms with Crippen LogP contribution < -0.4 is 15.4 Å². The fraction of sp³-hybridized carbons (Fsp3) is 0.333. The fourth-order valence-corrected chi connectivity index (χ4v) is 3.99. The van der Waals surface area contributed by atoms with Gasteiger partial charge in [-0.1, -0.05) is 0 Å². The molecule has 1 fully saturated rings. The summed E-state index contributed by atoms with van der Waals surface area (Å²) in [6, 6.07) is 9.69. The van der Waals surface area contributed by atoms with Gasteiger partial charge in [-0.2, -0.15) is 0 Å². The van der Waals surface area contributed by atoms with Crippen LogP contribution in [0.15, 0.2) is 47.4 Å². The zero-order valence-electron chi connectivity index (χ0n) is 17.3. The van der Waals surface area contributed by atoms with Crippen LogP contribution in [0, 0.1) is 5.82 Å². The summed E-state index contributed by atoms with van der Waals surface area (Å²) in [6.07, 6.45) is 0. The van der Waals surface area contributed by atoms with Crippen LogP contribution in [0.4, 0.5) is 15.8 Å². The van der Waals surface area contributed by atoms with Crippen LogP contribution in [-0.2, 0) is 14.8 Å². The van der Waals surface area contributed by atoms with E-state index in [4.69, 9.17) is 5.14 Å². The molecule has 1 saturated heterocycles. The van der Waals surface area contributed by atoms with Crippen molar-refractivity contribution in [3.8, 4) is 0 Å². The Kier molecular flexibility index (Phi) is 6.73. The van der Waals surface area contributed by atoms with Crippen LogP contribution >= 0.6 is 0 Å². The van der Waals surface area contributed by atoms with E-state index in [1.807, 2.05) is 9.80 Å². The first-order chi connectivity index (χ1) is 14.6. The Labute approximate surface area is 180 Å². The molecule has 1 aliphatic heterocycles. The van der Waals surface area contributed by atoms with Crippen molar-refractivity contribution in [1.29, 1.82) is 0 Å². The van der Waals surface area contributed by atoms with Crippen molar-refractivity contribution in [1.82, 2.24) is 4.90 Å². The standard InChI is InChI=1S/C21H25FN4O4S/c1-14(21(28)24-17-4-6-18(7-5-17)31(23,29)30)25-9-11-26(12-10-25)20-8-3-16(15(2)27)13-19(20)22/h3-8,13-14H,9-12H2,1-2H3,(H,24,28)(H2,23,29,30)/t14-/m0/s1. The molecule has 1 amide bonds. The molecule has 31 heavy (non-hydrogen) atoms. The monoisotopic (exact) mass is 448 g/mol. The minimum absolute atomic E-state index is 0.0294. The van der Waals surface area contributed by atoms with E-state index in [1.54, 1.807) is 19.1 Å². The van der Waals surface area contributed by atoms with Gasteiger partial charge in [0.2, 0.25) is 15.9 Å². The lowest BCUT2D eigenvalue weighted by molar-refractivity contribution is -0.120. The lowest BCUT2D eigenvalue weighted by Gasteiger charge is -2.38. The first-order valence-electron chi connectivity index (χ1n) is 9.79.